The van der Waals surface area contributed by atoms with E-state index < -0.39 is 21.8 Å². The fourth-order valence-electron chi connectivity index (χ4n) is 2.51. The molecule has 0 saturated carbocycles. The van der Waals surface area contributed by atoms with Crippen LogP contribution < -0.4 is 24.8 Å². The molecule has 0 fully saturated rings. The molecule has 0 saturated heterocycles. The Morgan fingerprint density at radius 3 is 2.27 bits per heavy atom. The van der Waals surface area contributed by atoms with Gasteiger partial charge in [0.15, 0.2) is 22.4 Å². The van der Waals surface area contributed by atoms with Gasteiger partial charge in [-0.3, -0.25) is 14.9 Å². The largest absolute Gasteiger partial charge is 0.493 e. The third-order valence-electron chi connectivity index (χ3n) is 4.00. The quantitative estimate of drug-likeness (QED) is 0.363. The number of methoxy groups -OCH3 is 1. The van der Waals surface area contributed by atoms with Crippen molar-refractivity contribution in [2.24, 2.45) is 0 Å². The molecule has 0 atom stereocenters. The molecule has 2 aromatic carbocycles. The Labute approximate surface area is 202 Å². The van der Waals surface area contributed by atoms with Crippen molar-refractivity contribution in [2.45, 2.75) is 6.54 Å². The number of carbonyl (C=O) groups excluding carboxylic acids is 2. The molecule has 0 aliphatic carbocycles. The van der Waals surface area contributed by atoms with E-state index in [-0.39, 0.29) is 17.4 Å². The second kappa shape index (κ2) is 10.7. The van der Waals surface area contributed by atoms with Gasteiger partial charge >= 0.3 is 11.8 Å². The number of nitrogens with one attached hydrogen (secondary N) is 3. The number of benzene rings is 2. The minimum Gasteiger partial charge on any atom is -0.493 e. The summed E-state index contributed by atoms with van der Waals surface area (Å²) in [5.41, 5.74) is 0.651. The molecule has 1 heterocycles. The van der Waals surface area contributed by atoms with E-state index in [1.54, 1.807) is 48.5 Å². The minimum atomic E-state index is -3.41. The number of nitrogens with zero attached hydrogens (tertiary/aromatic N) is 1. The van der Waals surface area contributed by atoms with Gasteiger partial charge in [-0.1, -0.05) is 35.6 Å². The molecule has 2 amide bonds. The Balaban J connectivity index is 1.68. The maximum atomic E-state index is 12.5. The first kappa shape index (κ1) is 24.6. The van der Waals surface area contributed by atoms with Gasteiger partial charge in [0, 0.05) is 0 Å². The average Bonchev–Trinajstić information content (AvgIpc) is 3.12. The van der Waals surface area contributed by atoms with Crippen molar-refractivity contribution in [3.8, 4) is 17.2 Å². The van der Waals surface area contributed by atoms with Crippen LogP contribution in [-0.2, 0) is 26.2 Å². The lowest BCUT2D eigenvalue weighted by atomic mass is 10.2. The van der Waals surface area contributed by atoms with Crippen LogP contribution in [0.3, 0.4) is 0 Å². The summed E-state index contributed by atoms with van der Waals surface area (Å²) >= 11 is 4.31. The van der Waals surface area contributed by atoms with E-state index in [4.69, 9.17) is 9.47 Å². The summed E-state index contributed by atoms with van der Waals surface area (Å²) in [5.74, 6) is -0.630. The van der Waals surface area contributed by atoms with Crippen LogP contribution in [0.4, 0.5) is 10.8 Å². The molecule has 0 aliphatic rings. The summed E-state index contributed by atoms with van der Waals surface area (Å²) in [6, 6.07) is 13.6. The molecule has 174 valence electrons. The molecule has 0 spiro atoms. The molecule has 3 rings (SSSR count). The second-order valence-electron chi connectivity index (χ2n) is 6.49. The third-order valence-corrected chi connectivity index (χ3v) is 6.42. The van der Waals surface area contributed by atoms with Gasteiger partial charge < -0.3 is 14.8 Å². The van der Waals surface area contributed by atoms with Crippen molar-refractivity contribution < 1.29 is 27.5 Å². The molecule has 3 N–H and O–H groups in total. The predicted octanol–water partition coefficient (Wildman–Crippen LogP) is 3.33. The number of halogens is 1. The van der Waals surface area contributed by atoms with Gasteiger partial charge in [-0.25, -0.2) is 18.1 Å². The van der Waals surface area contributed by atoms with E-state index in [0.29, 0.717) is 26.7 Å². The molecule has 10 nitrogen and oxygen atoms in total. The number of carbonyl (C=O) groups is 2. The number of anilines is 2. The molecule has 0 unspecified atom stereocenters. The lowest BCUT2D eigenvalue weighted by molar-refractivity contribution is -0.133. The summed E-state index contributed by atoms with van der Waals surface area (Å²) in [6.07, 6.45) is 1.02. The van der Waals surface area contributed by atoms with Gasteiger partial charge in [0.1, 0.15) is 0 Å². The molecular formula is C20H19BrN4O6S2. The topological polar surface area (TPSA) is 136 Å². The Bertz CT molecular complexity index is 1280. The lowest BCUT2D eigenvalue weighted by Crippen LogP contribution is -2.29. The Morgan fingerprint density at radius 1 is 1.00 bits per heavy atom. The Morgan fingerprint density at radius 2 is 1.61 bits per heavy atom. The van der Waals surface area contributed by atoms with Gasteiger partial charge in [0.2, 0.25) is 10.0 Å². The van der Waals surface area contributed by atoms with Gasteiger partial charge in [-0.2, -0.15) is 0 Å². The van der Waals surface area contributed by atoms with Crippen LogP contribution in [0, 0.1) is 0 Å². The third kappa shape index (κ3) is 6.99. The summed E-state index contributed by atoms with van der Waals surface area (Å²) in [5, 5.41) is 5.04. The smallest absolute Gasteiger partial charge is 0.315 e. The highest BCUT2D eigenvalue weighted by molar-refractivity contribution is 9.11. The van der Waals surface area contributed by atoms with E-state index in [1.807, 2.05) is 0 Å². The maximum absolute atomic E-state index is 12.5. The second-order valence-corrected chi connectivity index (χ2v) is 10.6. The number of hydrogen-bond donors (Lipinski definition) is 3. The first-order valence-corrected chi connectivity index (χ1v) is 12.8. The fraction of sp³-hybridized carbons (Fsp3) is 0.150. The first-order chi connectivity index (χ1) is 15.7. The molecule has 0 aliphatic heterocycles. The number of aromatic nitrogens is 1. The van der Waals surface area contributed by atoms with Crippen LogP contribution in [0.2, 0.25) is 0 Å². The number of amides is 2. The van der Waals surface area contributed by atoms with Crippen LogP contribution in [0.5, 0.6) is 17.2 Å². The molecule has 13 heteroatoms. The number of para-hydroxylation sites is 4. The SMILES string of the molecule is COc1ccccc1Oc1ccccc1NC(=O)C(=O)Nc1nc(CNS(C)(=O)=O)c(Br)s1. The van der Waals surface area contributed by atoms with Gasteiger partial charge in [0.05, 0.1) is 35.1 Å². The number of thiazole rings is 1. The Kier molecular flexibility index (Phi) is 8.02. The monoisotopic (exact) mass is 554 g/mol. The van der Waals surface area contributed by atoms with E-state index in [9.17, 15) is 18.0 Å². The van der Waals surface area contributed by atoms with Crippen molar-refractivity contribution in [2.75, 3.05) is 24.0 Å². The van der Waals surface area contributed by atoms with Gasteiger partial charge in [-0.15, -0.1) is 0 Å². The zero-order valence-electron chi connectivity index (χ0n) is 17.4. The Hall–Kier alpha value is -3.00. The molecule has 0 bridgehead atoms. The van der Waals surface area contributed by atoms with Crippen molar-refractivity contribution in [1.82, 2.24) is 9.71 Å². The molecular weight excluding hydrogens is 536 g/mol. The number of ether oxygens (including phenoxy) is 2. The number of sulfonamides is 1. The minimum absolute atomic E-state index is 0.0638. The summed E-state index contributed by atoms with van der Waals surface area (Å²) in [4.78, 5) is 29.0. The van der Waals surface area contributed by atoms with E-state index in [2.05, 4.69) is 36.3 Å². The van der Waals surface area contributed by atoms with Crippen molar-refractivity contribution >= 4 is 59.9 Å². The number of hydrogen-bond acceptors (Lipinski definition) is 8. The van der Waals surface area contributed by atoms with Crippen LogP contribution in [-0.4, -0.2) is 38.6 Å². The normalized spacial score (nSPS) is 11.0. The summed E-state index contributed by atoms with van der Waals surface area (Å²) in [6.45, 7) is -0.0638. The summed E-state index contributed by atoms with van der Waals surface area (Å²) < 4.78 is 36.5. The zero-order chi connectivity index (χ0) is 24.0. The van der Waals surface area contributed by atoms with Crippen molar-refractivity contribution in [3.05, 3.63) is 58.0 Å². The van der Waals surface area contributed by atoms with Crippen LogP contribution >= 0.6 is 27.3 Å². The lowest BCUT2D eigenvalue weighted by Gasteiger charge is -2.13. The highest BCUT2D eigenvalue weighted by atomic mass is 79.9. The van der Waals surface area contributed by atoms with Crippen molar-refractivity contribution in [3.63, 3.8) is 0 Å². The van der Waals surface area contributed by atoms with E-state index in [1.165, 1.54) is 7.11 Å². The van der Waals surface area contributed by atoms with Gasteiger partial charge in [0.25, 0.3) is 0 Å². The maximum Gasteiger partial charge on any atom is 0.315 e. The van der Waals surface area contributed by atoms with Gasteiger partial charge in [-0.05, 0) is 40.2 Å². The van der Waals surface area contributed by atoms with Crippen molar-refractivity contribution in [1.29, 1.82) is 0 Å². The highest BCUT2D eigenvalue weighted by Gasteiger charge is 2.20. The number of rotatable bonds is 8. The first-order valence-electron chi connectivity index (χ1n) is 9.28. The highest BCUT2D eigenvalue weighted by Crippen LogP contribution is 2.35. The molecule has 0 radical (unpaired) electrons. The predicted molar refractivity (Wildman–Crippen MR) is 128 cm³/mol. The van der Waals surface area contributed by atoms with E-state index >= 15 is 0 Å². The molecule has 33 heavy (non-hydrogen) atoms. The standard InChI is InChI=1S/C20H19BrN4O6S2/c1-30-15-9-5-6-10-16(15)31-14-8-4-3-7-12(14)23-18(26)19(27)25-20-24-13(17(21)32-20)11-22-33(2,28)29/h3-10,22H,11H2,1-2H3,(H,23,26)(H,24,25,27). The fourth-order valence-corrected chi connectivity index (χ4v) is 4.30. The average molecular weight is 555 g/mol. The van der Waals surface area contributed by atoms with Crippen LogP contribution in [0.25, 0.3) is 0 Å². The molecule has 1 aromatic heterocycles. The van der Waals surface area contributed by atoms with E-state index in [0.717, 1.165) is 17.6 Å². The van der Waals surface area contributed by atoms with Crippen LogP contribution in [0.1, 0.15) is 5.69 Å². The summed E-state index contributed by atoms with van der Waals surface area (Å²) in [7, 11) is -1.90. The van der Waals surface area contributed by atoms with Crippen LogP contribution in [0.15, 0.2) is 52.3 Å². The zero-order valence-corrected chi connectivity index (χ0v) is 20.6. The molecule has 3 aromatic rings.